The van der Waals surface area contributed by atoms with Gasteiger partial charge < -0.3 is 9.13 Å². The van der Waals surface area contributed by atoms with Gasteiger partial charge in [0.05, 0.1) is 27.8 Å². The van der Waals surface area contributed by atoms with Gasteiger partial charge in [0.2, 0.25) is 0 Å². The number of fused-ring (bicyclic) bond motifs is 18. The Morgan fingerprint density at radius 1 is 0.340 bits per heavy atom. The van der Waals surface area contributed by atoms with Gasteiger partial charge in [0, 0.05) is 32.6 Å². The van der Waals surface area contributed by atoms with E-state index in [1.165, 1.54) is 125 Å². The first-order chi connectivity index (χ1) is 26.3. The topological polar surface area (TPSA) is 9.86 Å². The van der Waals surface area contributed by atoms with Crippen molar-refractivity contribution in [2.45, 2.75) is 0 Å². The van der Waals surface area contributed by atoms with Crippen molar-refractivity contribution in [3.63, 3.8) is 0 Å². The Balaban J connectivity index is 1.31. The number of hydrogen-bond donors (Lipinski definition) is 0. The summed E-state index contributed by atoms with van der Waals surface area (Å²) in [6.07, 6.45) is 0. The van der Waals surface area contributed by atoms with E-state index in [-0.39, 0.29) is 6.71 Å². The monoisotopic (exact) mass is 666 g/mol. The van der Waals surface area contributed by atoms with E-state index in [0.717, 1.165) is 0 Å². The molecule has 0 radical (unpaired) electrons. The fraction of sp³-hybridized carbons (Fsp3) is 0. The summed E-state index contributed by atoms with van der Waals surface area (Å²) in [4.78, 5) is 0. The van der Waals surface area contributed by atoms with Gasteiger partial charge in [-0.05, 0) is 101 Å². The molecule has 0 saturated heterocycles. The Morgan fingerprint density at radius 3 is 1.55 bits per heavy atom. The van der Waals surface area contributed by atoms with Crippen LogP contribution in [0.3, 0.4) is 0 Å². The Hall–Kier alpha value is -6.84. The van der Waals surface area contributed by atoms with Crippen molar-refractivity contribution < 1.29 is 0 Å². The second-order valence-electron chi connectivity index (χ2n) is 15.2. The zero-order valence-corrected chi connectivity index (χ0v) is 28.6. The molecular weight excluding hydrogens is 639 g/mol. The summed E-state index contributed by atoms with van der Waals surface area (Å²) in [7, 11) is 0. The quantitative estimate of drug-likeness (QED) is 0.143. The molecule has 0 saturated carbocycles. The lowest BCUT2D eigenvalue weighted by atomic mass is 9.33. The molecule has 0 N–H and O–H groups in total. The van der Waals surface area contributed by atoms with Crippen LogP contribution in [0.4, 0.5) is 0 Å². The molecule has 10 aromatic carbocycles. The maximum atomic E-state index is 2.65. The molecule has 0 unspecified atom stereocenters. The zero-order chi connectivity index (χ0) is 34.1. The predicted octanol–water partition coefficient (Wildman–Crippen LogP) is 10.8. The fourth-order valence-corrected chi connectivity index (χ4v) is 10.7. The number of benzene rings is 10. The minimum Gasteiger partial charge on any atom is -0.310 e. The molecule has 2 aromatic heterocycles. The summed E-state index contributed by atoms with van der Waals surface area (Å²) < 4.78 is 5.29. The minimum absolute atomic E-state index is 0.0442. The van der Waals surface area contributed by atoms with Crippen molar-refractivity contribution in [3.05, 3.63) is 164 Å². The molecule has 240 valence electrons. The summed E-state index contributed by atoms with van der Waals surface area (Å²) >= 11 is 0. The van der Waals surface area contributed by atoms with E-state index < -0.39 is 0 Å². The Morgan fingerprint density at radius 2 is 0.849 bits per heavy atom. The summed E-state index contributed by atoms with van der Waals surface area (Å²) in [5.74, 6) is 0. The van der Waals surface area contributed by atoms with Gasteiger partial charge in [-0.3, -0.25) is 0 Å². The average Bonchev–Trinajstić information content (AvgIpc) is 3.71. The van der Waals surface area contributed by atoms with E-state index in [1.807, 2.05) is 0 Å². The van der Waals surface area contributed by atoms with Crippen molar-refractivity contribution >= 4 is 121 Å². The molecule has 0 atom stereocenters. The van der Waals surface area contributed by atoms with Crippen LogP contribution in [0.2, 0.25) is 0 Å². The molecular formula is C50H27BN2. The summed E-state index contributed by atoms with van der Waals surface area (Å²) in [5, 5.41) is 18.2. The van der Waals surface area contributed by atoms with E-state index in [4.69, 9.17) is 0 Å². The van der Waals surface area contributed by atoms with Gasteiger partial charge in [-0.1, -0.05) is 127 Å². The molecule has 12 aromatic rings. The molecule has 0 amide bonds. The van der Waals surface area contributed by atoms with Gasteiger partial charge in [0.15, 0.2) is 0 Å². The molecule has 0 fully saturated rings. The standard InChI is InChI=1S/C50H27BN2/c1-3-13-30-25-42-38(21-28(30)11-1)39-23-32-15-6-9-19-36(32)46-49(39)53(42)48-37-20-10-7-17-34(37)27-44-47(48)51(46)41-24-33-16-5-8-18-35(33)45-40-22-29-12-2-4-14-31(29)26-43(40)52(44)50(41)45/h1-27H. The first kappa shape index (κ1) is 26.9. The molecule has 3 heteroatoms. The van der Waals surface area contributed by atoms with Crippen LogP contribution in [-0.2, 0) is 0 Å². The molecule has 2 nitrogen and oxygen atoms in total. The average molecular weight is 667 g/mol. The Bertz CT molecular complexity index is 3690. The van der Waals surface area contributed by atoms with Crippen molar-refractivity contribution in [2.75, 3.05) is 0 Å². The van der Waals surface area contributed by atoms with Crippen LogP contribution in [0.15, 0.2) is 164 Å². The van der Waals surface area contributed by atoms with Crippen LogP contribution in [0, 0.1) is 0 Å². The molecule has 4 heterocycles. The number of rotatable bonds is 0. The van der Waals surface area contributed by atoms with Crippen LogP contribution < -0.4 is 16.4 Å². The summed E-state index contributed by atoms with van der Waals surface area (Å²) in [6.45, 7) is 0.0442. The molecule has 0 bridgehead atoms. The Kier molecular flexibility index (Phi) is 4.64. The van der Waals surface area contributed by atoms with Crippen LogP contribution >= 0.6 is 0 Å². The Labute approximate surface area is 303 Å². The first-order valence-electron chi connectivity index (χ1n) is 18.6. The van der Waals surface area contributed by atoms with E-state index in [0.29, 0.717) is 0 Å². The van der Waals surface area contributed by atoms with Crippen LogP contribution in [-0.4, -0.2) is 15.8 Å². The van der Waals surface area contributed by atoms with Gasteiger partial charge in [0.1, 0.15) is 0 Å². The van der Waals surface area contributed by atoms with Crippen molar-refractivity contribution in [2.24, 2.45) is 0 Å². The summed E-state index contributed by atoms with van der Waals surface area (Å²) in [6, 6.07) is 62.1. The van der Waals surface area contributed by atoms with Gasteiger partial charge in [-0.25, -0.2) is 0 Å². The van der Waals surface area contributed by atoms with Crippen molar-refractivity contribution in [1.82, 2.24) is 9.13 Å². The van der Waals surface area contributed by atoms with Crippen LogP contribution in [0.1, 0.15) is 0 Å². The van der Waals surface area contributed by atoms with Crippen molar-refractivity contribution in [1.29, 1.82) is 0 Å². The maximum Gasteiger partial charge on any atom is 0.253 e. The lowest BCUT2D eigenvalue weighted by Crippen LogP contribution is -2.59. The highest BCUT2D eigenvalue weighted by Crippen LogP contribution is 2.45. The summed E-state index contributed by atoms with van der Waals surface area (Å²) in [5.41, 5.74) is 12.0. The molecule has 14 rings (SSSR count). The van der Waals surface area contributed by atoms with Gasteiger partial charge in [-0.15, -0.1) is 0 Å². The van der Waals surface area contributed by atoms with E-state index >= 15 is 0 Å². The first-order valence-corrected chi connectivity index (χ1v) is 18.6. The third kappa shape index (κ3) is 3.12. The highest BCUT2D eigenvalue weighted by molar-refractivity contribution is 7.02. The SMILES string of the molecule is c1ccc2cc3c(cc2c1)c1cc2ccccc2c2c1n3-c1c3c(cc4ccccc14)-n1c4cc5ccccc5cc4c4c5ccccc5cc(c41)B32. The predicted molar refractivity (Wildman–Crippen MR) is 227 cm³/mol. The number of hydrogen-bond acceptors (Lipinski definition) is 0. The largest absolute Gasteiger partial charge is 0.310 e. The van der Waals surface area contributed by atoms with Crippen LogP contribution in [0.25, 0.3) is 109 Å². The maximum absolute atomic E-state index is 2.65. The normalized spacial score (nSPS) is 13.2. The van der Waals surface area contributed by atoms with E-state index in [1.54, 1.807) is 0 Å². The van der Waals surface area contributed by atoms with Crippen LogP contribution in [0.5, 0.6) is 0 Å². The molecule has 2 aliphatic rings. The van der Waals surface area contributed by atoms with E-state index in [2.05, 4.69) is 173 Å². The third-order valence-electron chi connectivity index (χ3n) is 12.7. The second kappa shape index (κ2) is 9.14. The van der Waals surface area contributed by atoms with Gasteiger partial charge in [-0.2, -0.15) is 0 Å². The highest BCUT2D eigenvalue weighted by atomic mass is 15.0. The molecule has 53 heavy (non-hydrogen) atoms. The number of nitrogens with zero attached hydrogens (tertiary/aromatic N) is 2. The zero-order valence-electron chi connectivity index (χ0n) is 28.6. The molecule has 0 spiro atoms. The van der Waals surface area contributed by atoms with Gasteiger partial charge >= 0.3 is 0 Å². The molecule has 0 aliphatic carbocycles. The number of aromatic nitrogens is 2. The second-order valence-corrected chi connectivity index (χ2v) is 15.2. The highest BCUT2D eigenvalue weighted by Gasteiger charge is 2.43. The fourth-order valence-electron chi connectivity index (χ4n) is 10.7. The third-order valence-corrected chi connectivity index (χ3v) is 12.7. The lowest BCUT2D eigenvalue weighted by molar-refractivity contribution is 1.16. The van der Waals surface area contributed by atoms with Gasteiger partial charge in [0.25, 0.3) is 6.71 Å². The van der Waals surface area contributed by atoms with Crippen molar-refractivity contribution in [3.8, 4) is 11.4 Å². The lowest BCUT2D eigenvalue weighted by Gasteiger charge is -2.35. The molecule has 2 aliphatic heterocycles. The van der Waals surface area contributed by atoms with E-state index in [9.17, 15) is 0 Å². The smallest absolute Gasteiger partial charge is 0.253 e. The minimum atomic E-state index is 0.0442.